The lowest BCUT2D eigenvalue weighted by molar-refractivity contribution is -0.167. The Kier molecular flexibility index (Phi) is 62.7. The third kappa shape index (κ3) is 63.6. The minimum absolute atomic E-state index is 0.0735. The van der Waals surface area contributed by atoms with Gasteiger partial charge in [-0.1, -0.05) is 306 Å². The highest BCUT2D eigenvalue weighted by molar-refractivity contribution is 5.71. The summed E-state index contributed by atoms with van der Waals surface area (Å²) in [5.74, 6) is -0.862. The first kappa shape index (κ1) is 73.8. The maximum absolute atomic E-state index is 12.9. The molecule has 0 aromatic rings. The number of unbranched alkanes of at least 4 members (excludes halogenated alkanes) is 38. The number of ether oxygens (including phenoxy) is 3. The summed E-state index contributed by atoms with van der Waals surface area (Å²) in [6.45, 7) is 6.55. The lowest BCUT2D eigenvalue weighted by Crippen LogP contribution is -2.30. The van der Waals surface area contributed by atoms with E-state index in [9.17, 15) is 14.4 Å². The van der Waals surface area contributed by atoms with Crippen molar-refractivity contribution in [1.82, 2.24) is 0 Å². The number of carbonyl (C=O) groups excluding carboxylic acids is 3. The Balaban J connectivity index is 4.24. The first-order valence-electron chi connectivity index (χ1n) is 33.4. The Morgan fingerprint density at radius 1 is 0.273 bits per heavy atom. The van der Waals surface area contributed by atoms with Gasteiger partial charge in [0, 0.05) is 19.3 Å². The van der Waals surface area contributed by atoms with Crippen LogP contribution in [0.15, 0.2) is 72.9 Å². The highest BCUT2D eigenvalue weighted by atomic mass is 16.6. The van der Waals surface area contributed by atoms with E-state index in [1.54, 1.807) is 0 Å². The van der Waals surface area contributed by atoms with Gasteiger partial charge in [0.25, 0.3) is 0 Å². The number of carbonyl (C=O) groups is 3. The predicted molar refractivity (Wildman–Crippen MR) is 335 cm³/mol. The second-order valence-electron chi connectivity index (χ2n) is 22.4. The summed E-state index contributed by atoms with van der Waals surface area (Å²) in [5.41, 5.74) is 0. The van der Waals surface area contributed by atoms with Gasteiger partial charge in [-0.05, 0) is 89.9 Å². The monoisotopic (exact) mass is 1070 g/mol. The third-order valence-electron chi connectivity index (χ3n) is 14.7. The smallest absolute Gasteiger partial charge is 0.306 e. The lowest BCUT2D eigenvalue weighted by Gasteiger charge is -2.18. The van der Waals surface area contributed by atoms with Crippen LogP contribution in [-0.4, -0.2) is 37.2 Å². The average Bonchev–Trinajstić information content (AvgIpc) is 3.43. The SMILES string of the molecule is CC/C=C\C/C=C\C/C=C\C/C=C\CCCCCCCCCCCCC(=O)OC(COC(=O)CCCCCCCCCCCCC)COC(=O)CCCCCCCCCCCCCCC/C=C\C/C=C\CCCCCCC. The molecule has 0 rings (SSSR count). The molecule has 0 saturated carbocycles. The third-order valence-corrected chi connectivity index (χ3v) is 14.7. The Hall–Kier alpha value is -3.15. The lowest BCUT2D eigenvalue weighted by atomic mass is 10.0. The van der Waals surface area contributed by atoms with E-state index < -0.39 is 6.10 Å². The second-order valence-corrected chi connectivity index (χ2v) is 22.4. The summed E-state index contributed by atoms with van der Waals surface area (Å²) in [6, 6.07) is 0. The molecule has 0 N–H and O–H groups in total. The fourth-order valence-corrected chi connectivity index (χ4v) is 9.70. The summed E-state index contributed by atoms with van der Waals surface area (Å²) >= 11 is 0. The van der Waals surface area contributed by atoms with Crippen molar-refractivity contribution >= 4 is 17.9 Å². The highest BCUT2D eigenvalue weighted by Gasteiger charge is 2.19. The molecular formula is C71H126O6. The molecule has 6 nitrogen and oxygen atoms in total. The van der Waals surface area contributed by atoms with Crippen molar-refractivity contribution in [3.05, 3.63) is 72.9 Å². The number of allylic oxidation sites excluding steroid dienone is 12. The molecular weight excluding hydrogens is 949 g/mol. The molecule has 0 aliphatic heterocycles. The van der Waals surface area contributed by atoms with Crippen LogP contribution in [0, 0.1) is 0 Å². The van der Waals surface area contributed by atoms with Gasteiger partial charge in [-0.2, -0.15) is 0 Å². The first-order valence-corrected chi connectivity index (χ1v) is 33.4. The van der Waals surface area contributed by atoms with Gasteiger partial charge in [0.05, 0.1) is 0 Å². The summed E-state index contributed by atoms with van der Waals surface area (Å²) in [7, 11) is 0. The molecule has 1 atom stereocenters. The van der Waals surface area contributed by atoms with Crippen LogP contribution in [0.25, 0.3) is 0 Å². The minimum Gasteiger partial charge on any atom is -0.462 e. The molecule has 0 bridgehead atoms. The van der Waals surface area contributed by atoms with E-state index >= 15 is 0 Å². The highest BCUT2D eigenvalue weighted by Crippen LogP contribution is 2.17. The van der Waals surface area contributed by atoms with Crippen molar-refractivity contribution in [2.75, 3.05) is 13.2 Å². The molecule has 0 saturated heterocycles. The van der Waals surface area contributed by atoms with Crippen molar-refractivity contribution in [2.24, 2.45) is 0 Å². The van der Waals surface area contributed by atoms with Crippen molar-refractivity contribution in [3.8, 4) is 0 Å². The van der Waals surface area contributed by atoms with Crippen LogP contribution >= 0.6 is 0 Å². The van der Waals surface area contributed by atoms with Gasteiger partial charge in [0.2, 0.25) is 0 Å². The van der Waals surface area contributed by atoms with Crippen molar-refractivity contribution in [3.63, 3.8) is 0 Å². The molecule has 77 heavy (non-hydrogen) atoms. The Morgan fingerprint density at radius 3 is 0.792 bits per heavy atom. The standard InChI is InChI=1S/C71H126O6/c1-4-7-10-13-16-19-22-24-26-28-30-32-34-35-37-38-40-42-44-46-49-52-55-58-61-64-70(73)76-67-68(66-75-69(72)63-60-57-54-51-48-21-18-15-12-9-6-3)77-71(74)65-62-59-56-53-50-47-45-43-41-39-36-33-31-29-27-25-23-20-17-14-11-8-5-2/h8,11,17,20,22,24-25,27-28,30-31,33,68H,4-7,9-10,12-16,18-19,21,23,26,29,32,34-67H2,1-3H3/b11-8-,20-17-,24-22-,27-25-,30-28-,33-31-. The summed E-state index contributed by atoms with van der Waals surface area (Å²) < 4.78 is 16.9. The molecule has 0 spiro atoms. The minimum atomic E-state index is -0.777. The Labute approximate surface area is 478 Å². The fraction of sp³-hybridized carbons (Fsp3) is 0.789. The van der Waals surface area contributed by atoms with Gasteiger partial charge in [-0.25, -0.2) is 0 Å². The molecule has 0 heterocycles. The van der Waals surface area contributed by atoms with Gasteiger partial charge in [0.1, 0.15) is 13.2 Å². The zero-order chi connectivity index (χ0) is 55.7. The van der Waals surface area contributed by atoms with E-state index in [1.807, 2.05) is 0 Å². The van der Waals surface area contributed by atoms with E-state index in [4.69, 9.17) is 14.2 Å². The summed E-state index contributed by atoms with van der Waals surface area (Å²) in [4.78, 5) is 38.3. The topological polar surface area (TPSA) is 78.9 Å². The molecule has 0 fully saturated rings. The predicted octanol–water partition coefficient (Wildman–Crippen LogP) is 22.9. The van der Waals surface area contributed by atoms with Crippen molar-refractivity contribution in [2.45, 2.75) is 348 Å². The van der Waals surface area contributed by atoms with Crippen LogP contribution in [0.4, 0.5) is 0 Å². The van der Waals surface area contributed by atoms with E-state index in [1.165, 1.54) is 212 Å². The molecule has 0 aromatic heterocycles. The van der Waals surface area contributed by atoms with Crippen LogP contribution < -0.4 is 0 Å². The number of hydrogen-bond acceptors (Lipinski definition) is 6. The van der Waals surface area contributed by atoms with Crippen LogP contribution in [0.1, 0.15) is 342 Å². The normalized spacial score (nSPS) is 12.5. The van der Waals surface area contributed by atoms with Gasteiger partial charge >= 0.3 is 17.9 Å². The number of hydrogen-bond donors (Lipinski definition) is 0. The Bertz CT molecular complexity index is 1420. The maximum atomic E-state index is 12.9. The molecule has 0 amide bonds. The van der Waals surface area contributed by atoms with Crippen LogP contribution in [-0.2, 0) is 28.6 Å². The molecule has 0 aromatic carbocycles. The van der Waals surface area contributed by atoms with Crippen LogP contribution in [0.5, 0.6) is 0 Å². The van der Waals surface area contributed by atoms with Gasteiger partial charge in [-0.3, -0.25) is 14.4 Å². The summed E-state index contributed by atoms with van der Waals surface area (Å²) in [5, 5.41) is 0. The molecule has 0 radical (unpaired) electrons. The van der Waals surface area contributed by atoms with E-state index in [0.717, 1.165) is 89.9 Å². The molecule has 0 aliphatic rings. The maximum Gasteiger partial charge on any atom is 0.306 e. The van der Waals surface area contributed by atoms with E-state index in [2.05, 4.69) is 93.7 Å². The average molecular weight is 1080 g/mol. The Morgan fingerprint density at radius 2 is 0.506 bits per heavy atom. The molecule has 0 aliphatic carbocycles. The van der Waals surface area contributed by atoms with Crippen LogP contribution in [0.2, 0.25) is 0 Å². The quantitative estimate of drug-likeness (QED) is 0.0261. The van der Waals surface area contributed by atoms with Crippen molar-refractivity contribution < 1.29 is 28.6 Å². The van der Waals surface area contributed by atoms with Gasteiger partial charge in [0.15, 0.2) is 6.10 Å². The molecule has 1 unspecified atom stereocenters. The number of rotatable bonds is 61. The number of esters is 3. The molecule has 6 heteroatoms. The first-order chi connectivity index (χ1) is 38.0. The second kappa shape index (κ2) is 65.4. The van der Waals surface area contributed by atoms with E-state index in [-0.39, 0.29) is 31.1 Å². The fourth-order valence-electron chi connectivity index (χ4n) is 9.70. The molecule has 446 valence electrons. The summed E-state index contributed by atoms with van der Waals surface area (Å²) in [6.07, 6.45) is 84.9. The van der Waals surface area contributed by atoms with E-state index in [0.29, 0.717) is 19.3 Å². The van der Waals surface area contributed by atoms with Crippen LogP contribution in [0.3, 0.4) is 0 Å². The zero-order valence-electron chi connectivity index (χ0n) is 51.2. The largest absolute Gasteiger partial charge is 0.462 e. The van der Waals surface area contributed by atoms with Crippen molar-refractivity contribution in [1.29, 1.82) is 0 Å². The zero-order valence-corrected chi connectivity index (χ0v) is 51.2. The van der Waals surface area contributed by atoms with Gasteiger partial charge in [-0.15, -0.1) is 0 Å². The van der Waals surface area contributed by atoms with Gasteiger partial charge < -0.3 is 14.2 Å².